The van der Waals surface area contributed by atoms with Crippen LogP contribution in [-0.2, 0) is 0 Å². The predicted molar refractivity (Wildman–Crippen MR) is 95.3 cm³/mol. The van der Waals surface area contributed by atoms with Gasteiger partial charge in [0, 0.05) is 17.6 Å². The maximum Gasteiger partial charge on any atom is 0.335 e. The van der Waals surface area contributed by atoms with Crippen LogP contribution in [0.4, 0.5) is 5.95 Å². The van der Waals surface area contributed by atoms with Gasteiger partial charge in [-0.2, -0.15) is 0 Å². The number of anilines is 1. The number of fused-ring (bicyclic) bond motifs is 1. The summed E-state index contributed by atoms with van der Waals surface area (Å²) in [5.41, 5.74) is 1.40. The van der Waals surface area contributed by atoms with E-state index >= 15 is 0 Å². The fourth-order valence-corrected chi connectivity index (χ4v) is 3.52. The second-order valence-electron chi connectivity index (χ2n) is 7.83. The van der Waals surface area contributed by atoms with E-state index in [0.29, 0.717) is 17.4 Å². The summed E-state index contributed by atoms with van der Waals surface area (Å²) in [6.07, 6.45) is 6.44. The topological polar surface area (TPSA) is 75.1 Å². The summed E-state index contributed by atoms with van der Waals surface area (Å²) in [7, 11) is 0. The van der Waals surface area contributed by atoms with E-state index < -0.39 is 5.97 Å². The molecule has 0 unspecified atom stereocenters. The molecule has 5 nitrogen and oxygen atoms in total. The number of hydrogen-bond acceptors (Lipinski definition) is 4. The van der Waals surface area contributed by atoms with Crippen molar-refractivity contribution in [3.05, 3.63) is 30.0 Å². The first-order valence-electron chi connectivity index (χ1n) is 8.59. The Morgan fingerprint density at radius 1 is 1.21 bits per heavy atom. The molecule has 1 fully saturated rings. The molecule has 0 saturated heterocycles. The van der Waals surface area contributed by atoms with Crippen LogP contribution in [0.1, 0.15) is 56.8 Å². The van der Waals surface area contributed by atoms with Crippen molar-refractivity contribution in [3.63, 3.8) is 0 Å². The Kier molecular flexibility index (Phi) is 4.43. The molecule has 0 bridgehead atoms. The average Bonchev–Trinajstić information content (AvgIpc) is 2.54. The van der Waals surface area contributed by atoms with E-state index in [1.165, 1.54) is 12.8 Å². The van der Waals surface area contributed by atoms with Crippen molar-refractivity contribution in [1.82, 2.24) is 9.97 Å². The molecule has 1 aliphatic carbocycles. The van der Waals surface area contributed by atoms with Crippen LogP contribution in [0.15, 0.2) is 24.4 Å². The molecule has 128 valence electrons. The summed E-state index contributed by atoms with van der Waals surface area (Å²) in [5, 5.41) is 13.2. The zero-order valence-electron chi connectivity index (χ0n) is 14.5. The molecule has 1 heterocycles. The lowest BCUT2D eigenvalue weighted by Gasteiger charge is -2.37. The van der Waals surface area contributed by atoms with Crippen LogP contribution in [-0.4, -0.2) is 27.1 Å². The number of nitrogens with zero attached hydrogens (tertiary/aromatic N) is 2. The lowest BCUT2D eigenvalue weighted by Crippen LogP contribution is -2.32. The monoisotopic (exact) mass is 327 g/mol. The summed E-state index contributed by atoms with van der Waals surface area (Å²) in [6, 6.07) is 5.34. The molecule has 0 atom stereocenters. The Balaban J connectivity index is 1.68. The van der Waals surface area contributed by atoms with Gasteiger partial charge < -0.3 is 10.4 Å². The van der Waals surface area contributed by atoms with E-state index in [0.717, 1.165) is 29.7 Å². The number of aromatic nitrogens is 2. The maximum atomic E-state index is 11.0. The molecule has 24 heavy (non-hydrogen) atoms. The summed E-state index contributed by atoms with van der Waals surface area (Å²) in [4.78, 5) is 19.9. The minimum Gasteiger partial charge on any atom is -0.478 e. The molecule has 2 aromatic rings. The molecule has 0 aliphatic heterocycles. The third-order valence-corrected chi connectivity index (χ3v) is 5.11. The van der Waals surface area contributed by atoms with Crippen LogP contribution in [0, 0.1) is 11.3 Å². The van der Waals surface area contributed by atoms with E-state index in [1.54, 1.807) is 24.4 Å². The zero-order chi connectivity index (χ0) is 17.3. The quantitative estimate of drug-likeness (QED) is 0.877. The Hall–Kier alpha value is -2.17. The molecule has 5 heteroatoms. The van der Waals surface area contributed by atoms with Gasteiger partial charge in [-0.25, -0.2) is 14.8 Å². The van der Waals surface area contributed by atoms with Gasteiger partial charge in [-0.05, 0) is 55.2 Å². The fourth-order valence-electron chi connectivity index (χ4n) is 3.52. The smallest absolute Gasteiger partial charge is 0.335 e. The molecule has 3 rings (SSSR count). The van der Waals surface area contributed by atoms with Gasteiger partial charge in [0.15, 0.2) is 0 Å². The van der Waals surface area contributed by atoms with Crippen molar-refractivity contribution in [2.24, 2.45) is 11.3 Å². The number of carboxylic acids is 1. The minimum atomic E-state index is -0.935. The maximum absolute atomic E-state index is 11.0. The average molecular weight is 327 g/mol. The van der Waals surface area contributed by atoms with Crippen LogP contribution in [0.25, 0.3) is 10.9 Å². The molecular weight excluding hydrogens is 302 g/mol. The van der Waals surface area contributed by atoms with E-state index in [1.807, 2.05) is 0 Å². The number of carbonyl (C=O) groups is 1. The number of nitrogens with one attached hydrogen (secondary N) is 1. The number of aromatic carboxylic acids is 1. The second-order valence-corrected chi connectivity index (χ2v) is 7.83. The van der Waals surface area contributed by atoms with Crippen LogP contribution < -0.4 is 5.32 Å². The first-order chi connectivity index (χ1) is 11.3. The summed E-state index contributed by atoms with van der Waals surface area (Å²) < 4.78 is 0. The second kappa shape index (κ2) is 6.38. The fraction of sp³-hybridized carbons (Fsp3) is 0.526. The van der Waals surface area contributed by atoms with E-state index in [-0.39, 0.29) is 5.56 Å². The van der Waals surface area contributed by atoms with Gasteiger partial charge in [-0.1, -0.05) is 20.8 Å². The first-order valence-corrected chi connectivity index (χ1v) is 8.59. The minimum absolute atomic E-state index is 0.257. The molecule has 0 amide bonds. The van der Waals surface area contributed by atoms with E-state index in [2.05, 4.69) is 36.1 Å². The molecular formula is C19H25N3O2. The van der Waals surface area contributed by atoms with Crippen molar-refractivity contribution in [1.29, 1.82) is 0 Å². The van der Waals surface area contributed by atoms with Crippen molar-refractivity contribution in [2.75, 3.05) is 5.32 Å². The van der Waals surface area contributed by atoms with Crippen molar-refractivity contribution >= 4 is 22.8 Å². The third kappa shape index (κ3) is 3.66. The van der Waals surface area contributed by atoms with Crippen molar-refractivity contribution in [3.8, 4) is 0 Å². The number of rotatable bonds is 3. The van der Waals surface area contributed by atoms with E-state index in [9.17, 15) is 4.79 Å². The highest BCUT2D eigenvalue weighted by Crippen LogP contribution is 2.38. The van der Waals surface area contributed by atoms with Crippen LogP contribution in [0.2, 0.25) is 0 Å². The highest BCUT2D eigenvalue weighted by Gasteiger charge is 2.29. The molecule has 2 N–H and O–H groups in total. The van der Waals surface area contributed by atoms with Gasteiger partial charge >= 0.3 is 5.97 Å². The highest BCUT2D eigenvalue weighted by atomic mass is 16.4. The highest BCUT2D eigenvalue weighted by molar-refractivity contribution is 5.93. The van der Waals surface area contributed by atoms with Crippen LogP contribution in [0.3, 0.4) is 0 Å². The molecule has 1 aromatic carbocycles. The molecule has 1 aromatic heterocycles. The van der Waals surface area contributed by atoms with Gasteiger partial charge in [-0.3, -0.25) is 0 Å². The number of carboxylic acid groups (broad SMARTS) is 1. The van der Waals surface area contributed by atoms with E-state index in [4.69, 9.17) is 5.11 Å². The molecule has 1 saturated carbocycles. The third-order valence-electron chi connectivity index (χ3n) is 5.11. The Labute approximate surface area is 142 Å². The normalized spacial score (nSPS) is 21.6. The lowest BCUT2D eigenvalue weighted by atomic mass is 9.71. The van der Waals surface area contributed by atoms with Crippen LogP contribution >= 0.6 is 0 Å². The molecule has 0 spiro atoms. The van der Waals surface area contributed by atoms with Crippen LogP contribution in [0.5, 0.6) is 0 Å². The SMILES string of the molecule is CC(C)(C)[C@H]1CC[C@H](Nc2ncc3cc(C(=O)O)ccc3n2)CC1. The van der Waals surface area contributed by atoms with Crippen molar-refractivity contribution in [2.45, 2.75) is 52.5 Å². The Bertz CT molecular complexity index is 744. The Morgan fingerprint density at radius 3 is 2.54 bits per heavy atom. The zero-order valence-corrected chi connectivity index (χ0v) is 14.5. The predicted octanol–water partition coefficient (Wildman–Crippen LogP) is 4.34. The summed E-state index contributed by atoms with van der Waals surface area (Å²) >= 11 is 0. The first kappa shape index (κ1) is 16.7. The largest absolute Gasteiger partial charge is 0.478 e. The van der Waals surface area contributed by atoms with Gasteiger partial charge in [0.05, 0.1) is 11.1 Å². The molecule has 0 radical (unpaired) electrons. The van der Waals surface area contributed by atoms with Gasteiger partial charge in [-0.15, -0.1) is 0 Å². The summed E-state index contributed by atoms with van der Waals surface area (Å²) in [6.45, 7) is 6.97. The van der Waals surface area contributed by atoms with Crippen molar-refractivity contribution < 1.29 is 9.90 Å². The standard InChI is InChI=1S/C19H25N3O2/c1-19(2,3)14-5-7-15(8-6-14)21-18-20-11-13-10-12(17(23)24)4-9-16(13)22-18/h4,9-11,14-15H,5-8H2,1-3H3,(H,23,24)(H,20,21,22)/t14-,15-. The van der Waals surface area contributed by atoms with Gasteiger partial charge in [0.1, 0.15) is 0 Å². The number of benzene rings is 1. The summed E-state index contributed by atoms with van der Waals surface area (Å²) in [5.74, 6) is 0.474. The van der Waals surface area contributed by atoms with Gasteiger partial charge in [0.25, 0.3) is 0 Å². The van der Waals surface area contributed by atoms with Gasteiger partial charge in [0.2, 0.25) is 5.95 Å². The molecule has 1 aliphatic rings. The Morgan fingerprint density at radius 2 is 1.92 bits per heavy atom. The lowest BCUT2D eigenvalue weighted by molar-refractivity contribution is 0.0697. The number of hydrogen-bond donors (Lipinski definition) is 2.